The lowest BCUT2D eigenvalue weighted by atomic mass is 10.1. The molecule has 0 fully saturated rings. The number of rotatable bonds is 7. The number of pyridine rings is 1. The van der Waals surface area contributed by atoms with Gasteiger partial charge in [-0.25, -0.2) is 0 Å². The van der Waals surface area contributed by atoms with Crippen LogP contribution in [0.15, 0.2) is 28.9 Å². The number of aliphatic hydroxyl groups is 1. The summed E-state index contributed by atoms with van der Waals surface area (Å²) in [4.78, 5) is 22.2. The van der Waals surface area contributed by atoms with Gasteiger partial charge in [-0.1, -0.05) is 11.2 Å². The Hall–Kier alpha value is -2.28. The van der Waals surface area contributed by atoms with Crippen molar-refractivity contribution in [2.24, 2.45) is 0 Å². The van der Waals surface area contributed by atoms with Crippen LogP contribution in [0, 0.1) is 0 Å². The van der Waals surface area contributed by atoms with E-state index in [0.717, 1.165) is 0 Å². The molecule has 0 unspecified atom stereocenters. The minimum absolute atomic E-state index is 0.0489. The van der Waals surface area contributed by atoms with Gasteiger partial charge in [-0.15, -0.1) is 0 Å². The highest BCUT2D eigenvalue weighted by Gasteiger charge is 2.21. The van der Waals surface area contributed by atoms with Gasteiger partial charge < -0.3 is 14.5 Å². The summed E-state index contributed by atoms with van der Waals surface area (Å²) in [5.74, 6) is 0.766. The molecule has 7 heteroatoms. The average molecular weight is 318 g/mol. The Bertz CT molecular complexity index is 634. The number of hydrogen-bond donors (Lipinski definition) is 1. The molecule has 0 spiro atoms. The second kappa shape index (κ2) is 7.32. The van der Waals surface area contributed by atoms with E-state index in [1.54, 1.807) is 31.0 Å². The molecule has 0 aliphatic rings. The minimum Gasteiger partial charge on any atom is -0.389 e. The second-order valence-electron chi connectivity index (χ2n) is 5.95. The van der Waals surface area contributed by atoms with Gasteiger partial charge in [-0.2, -0.15) is 4.98 Å². The van der Waals surface area contributed by atoms with Crippen LogP contribution in [0.4, 0.5) is 0 Å². The molecule has 23 heavy (non-hydrogen) atoms. The first kappa shape index (κ1) is 17.1. The molecule has 0 aromatic carbocycles. The van der Waals surface area contributed by atoms with Crippen molar-refractivity contribution in [1.82, 2.24) is 20.0 Å². The number of aromatic nitrogens is 3. The van der Waals surface area contributed by atoms with Gasteiger partial charge in [0.15, 0.2) is 0 Å². The van der Waals surface area contributed by atoms with Crippen molar-refractivity contribution >= 4 is 5.91 Å². The van der Waals surface area contributed by atoms with E-state index in [4.69, 9.17) is 4.52 Å². The molecule has 7 nitrogen and oxygen atoms in total. The average Bonchev–Trinajstić information content (AvgIpc) is 2.99. The van der Waals surface area contributed by atoms with Crippen LogP contribution in [0.2, 0.25) is 0 Å². The van der Waals surface area contributed by atoms with E-state index >= 15 is 0 Å². The van der Waals surface area contributed by atoms with Gasteiger partial charge >= 0.3 is 0 Å². The number of carbonyl (C=O) groups is 1. The molecule has 0 saturated carbocycles. The largest absolute Gasteiger partial charge is 0.389 e. The number of hydrogen-bond acceptors (Lipinski definition) is 6. The number of aryl methyl sites for hydroxylation is 1. The summed E-state index contributed by atoms with van der Waals surface area (Å²) in [6, 6.07) is 5.45. The van der Waals surface area contributed by atoms with Crippen LogP contribution in [0.25, 0.3) is 11.5 Å². The van der Waals surface area contributed by atoms with Crippen LogP contribution < -0.4 is 0 Å². The van der Waals surface area contributed by atoms with Crippen molar-refractivity contribution in [3.63, 3.8) is 0 Å². The van der Waals surface area contributed by atoms with Crippen molar-refractivity contribution in [3.8, 4) is 11.5 Å². The predicted molar refractivity (Wildman–Crippen MR) is 84.4 cm³/mol. The number of nitrogens with zero attached hydrogens (tertiary/aromatic N) is 4. The summed E-state index contributed by atoms with van der Waals surface area (Å²) < 4.78 is 5.16. The summed E-state index contributed by atoms with van der Waals surface area (Å²) in [6.45, 7) is 6.09. The molecular formula is C16H22N4O3. The van der Waals surface area contributed by atoms with Crippen LogP contribution >= 0.6 is 0 Å². The fourth-order valence-electron chi connectivity index (χ4n) is 2.17. The lowest BCUT2D eigenvalue weighted by Crippen LogP contribution is -2.42. The number of amides is 1. The fourth-order valence-corrected chi connectivity index (χ4v) is 2.17. The van der Waals surface area contributed by atoms with Crippen LogP contribution in [0.1, 0.15) is 33.1 Å². The number of carbonyl (C=O) groups excluding carboxylic acids is 1. The predicted octanol–water partition coefficient (Wildman–Crippen LogP) is 1.68. The maximum atomic E-state index is 12.2. The van der Waals surface area contributed by atoms with Crippen molar-refractivity contribution in [3.05, 3.63) is 30.3 Å². The Morgan fingerprint density at radius 1 is 1.39 bits per heavy atom. The zero-order valence-corrected chi connectivity index (χ0v) is 13.7. The topological polar surface area (TPSA) is 92.3 Å². The first-order chi connectivity index (χ1) is 10.9. The molecule has 0 saturated heterocycles. The van der Waals surface area contributed by atoms with Gasteiger partial charge in [0.25, 0.3) is 0 Å². The monoisotopic (exact) mass is 318 g/mol. The fraction of sp³-hybridized carbons (Fsp3) is 0.500. The third-order valence-electron chi connectivity index (χ3n) is 3.23. The molecule has 0 atom stereocenters. The molecule has 2 aromatic rings. The van der Waals surface area contributed by atoms with E-state index in [9.17, 15) is 9.90 Å². The highest BCUT2D eigenvalue weighted by molar-refractivity contribution is 5.76. The molecule has 1 amide bonds. The third-order valence-corrected chi connectivity index (χ3v) is 3.23. The molecule has 1 N–H and O–H groups in total. The van der Waals surface area contributed by atoms with E-state index in [1.165, 1.54) is 0 Å². The molecule has 0 aliphatic carbocycles. The second-order valence-corrected chi connectivity index (χ2v) is 5.95. The standard InChI is InChI=1S/C16H22N4O3/c1-4-20(11-16(2,3)22)14(21)9-8-13-18-15(19-23-13)12-7-5-6-10-17-12/h5-7,10,22H,4,8-9,11H2,1-3H3. The molecule has 2 heterocycles. The smallest absolute Gasteiger partial charge is 0.227 e. The maximum Gasteiger partial charge on any atom is 0.227 e. The van der Waals surface area contributed by atoms with Gasteiger partial charge in [-0.3, -0.25) is 9.78 Å². The first-order valence-corrected chi connectivity index (χ1v) is 7.63. The highest BCUT2D eigenvalue weighted by Crippen LogP contribution is 2.13. The number of likely N-dealkylation sites (N-methyl/N-ethyl adjacent to an activating group) is 1. The quantitative estimate of drug-likeness (QED) is 0.835. The maximum absolute atomic E-state index is 12.2. The molecule has 124 valence electrons. The van der Waals surface area contributed by atoms with Crippen molar-refractivity contribution in [2.75, 3.05) is 13.1 Å². The normalized spacial score (nSPS) is 11.5. The van der Waals surface area contributed by atoms with E-state index in [0.29, 0.717) is 36.9 Å². The summed E-state index contributed by atoms with van der Waals surface area (Å²) in [7, 11) is 0. The summed E-state index contributed by atoms with van der Waals surface area (Å²) in [6.07, 6.45) is 2.28. The Morgan fingerprint density at radius 3 is 2.78 bits per heavy atom. The van der Waals surface area contributed by atoms with E-state index in [1.807, 2.05) is 19.1 Å². The Labute approximate surface area is 135 Å². The molecule has 0 aliphatic heterocycles. The van der Waals surface area contributed by atoms with Gasteiger partial charge in [0.05, 0.1) is 5.60 Å². The SMILES string of the molecule is CCN(CC(C)(C)O)C(=O)CCc1nc(-c2ccccn2)no1. The first-order valence-electron chi connectivity index (χ1n) is 7.63. The lowest BCUT2D eigenvalue weighted by molar-refractivity contribution is -0.134. The van der Waals surface area contributed by atoms with Crippen LogP contribution in [-0.2, 0) is 11.2 Å². The zero-order valence-electron chi connectivity index (χ0n) is 13.7. The minimum atomic E-state index is -0.914. The van der Waals surface area contributed by atoms with Gasteiger partial charge in [0, 0.05) is 32.1 Å². The Kier molecular flexibility index (Phi) is 5.44. The van der Waals surface area contributed by atoms with Crippen LogP contribution in [-0.4, -0.2) is 49.7 Å². The van der Waals surface area contributed by atoms with Crippen molar-refractivity contribution in [1.29, 1.82) is 0 Å². The van der Waals surface area contributed by atoms with Crippen LogP contribution in [0.5, 0.6) is 0 Å². The zero-order chi connectivity index (χ0) is 16.9. The van der Waals surface area contributed by atoms with E-state index in [2.05, 4.69) is 15.1 Å². The van der Waals surface area contributed by atoms with Crippen molar-refractivity contribution < 1.29 is 14.4 Å². The Morgan fingerprint density at radius 2 is 2.17 bits per heavy atom. The summed E-state index contributed by atoms with van der Waals surface area (Å²) in [5, 5.41) is 13.7. The Balaban J connectivity index is 1.93. The molecule has 0 bridgehead atoms. The molecular weight excluding hydrogens is 296 g/mol. The molecule has 0 radical (unpaired) electrons. The van der Waals surface area contributed by atoms with E-state index in [-0.39, 0.29) is 12.3 Å². The van der Waals surface area contributed by atoms with Gasteiger partial charge in [0.1, 0.15) is 5.69 Å². The molecule has 2 rings (SSSR count). The van der Waals surface area contributed by atoms with E-state index < -0.39 is 5.60 Å². The van der Waals surface area contributed by atoms with Gasteiger partial charge in [0.2, 0.25) is 17.6 Å². The van der Waals surface area contributed by atoms with Crippen molar-refractivity contribution in [2.45, 2.75) is 39.2 Å². The molecule has 2 aromatic heterocycles. The third kappa shape index (κ3) is 5.14. The lowest BCUT2D eigenvalue weighted by Gasteiger charge is -2.28. The summed E-state index contributed by atoms with van der Waals surface area (Å²) >= 11 is 0. The summed E-state index contributed by atoms with van der Waals surface area (Å²) in [5.41, 5.74) is -0.284. The van der Waals surface area contributed by atoms with Crippen LogP contribution in [0.3, 0.4) is 0 Å². The van der Waals surface area contributed by atoms with Gasteiger partial charge in [-0.05, 0) is 32.9 Å². The highest BCUT2D eigenvalue weighted by atomic mass is 16.5.